The molecule has 4 rings (SSSR count). The second-order valence-electron chi connectivity index (χ2n) is 6.12. The molecule has 1 aliphatic rings. The van der Waals surface area contributed by atoms with E-state index in [1.54, 1.807) is 10.6 Å². The monoisotopic (exact) mass is 448 g/mol. The third-order valence-corrected chi connectivity index (χ3v) is 5.37. The third kappa shape index (κ3) is 3.45. The van der Waals surface area contributed by atoms with E-state index in [-0.39, 0.29) is 11.5 Å². The van der Waals surface area contributed by atoms with Crippen LogP contribution >= 0.6 is 28.1 Å². The maximum absolute atomic E-state index is 10.3. The normalized spacial score (nSPS) is 14.5. The van der Waals surface area contributed by atoms with E-state index >= 15 is 0 Å². The molecule has 1 fully saturated rings. The highest BCUT2D eigenvalue weighted by Crippen LogP contribution is 2.37. The van der Waals surface area contributed by atoms with Crippen LogP contribution in [0, 0.1) is 4.77 Å². The van der Waals surface area contributed by atoms with Gasteiger partial charge in [0, 0.05) is 24.8 Å². The van der Waals surface area contributed by atoms with Gasteiger partial charge in [-0.15, -0.1) is 0 Å². The van der Waals surface area contributed by atoms with E-state index in [1.165, 1.54) is 6.07 Å². The van der Waals surface area contributed by atoms with Gasteiger partial charge in [-0.3, -0.25) is 9.67 Å². The van der Waals surface area contributed by atoms with E-state index in [9.17, 15) is 10.2 Å². The number of phenols is 2. The molecule has 3 aromatic rings. The van der Waals surface area contributed by atoms with Gasteiger partial charge >= 0.3 is 0 Å². The summed E-state index contributed by atoms with van der Waals surface area (Å²) in [4.78, 5) is 2.27. The van der Waals surface area contributed by atoms with Crippen LogP contribution in [0.1, 0.15) is 0 Å². The highest BCUT2D eigenvalue weighted by atomic mass is 79.9. The predicted octanol–water partition coefficient (Wildman–Crippen LogP) is 3.61. The summed E-state index contributed by atoms with van der Waals surface area (Å²) in [5.74, 6) is 0.319. The van der Waals surface area contributed by atoms with E-state index < -0.39 is 0 Å². The van der Waals surface area contributed by atoms with Crippen molar-refractivity contribution in [2.75, 3.05) is 31.2 Å². The van der Waals surface area contributed by atoms with Crippen LogP contribution in [0.25, 0.3) is 17.1 Å². The average Bonchev–Trinajstić information content (AvgIpc) is 3.07. The molecule has 0 atom stereocenters. The number of ether oxygens (including phenoxy) is 1. The number of morpholine rings is 1. The van der Waals surface area contributed by atoms with Crippen LogP contribution in [0.3, 0.4) is 0 Å². The van der Waals surface area contributed by atoms with Crippen molar-refractivity contribution in [3.63, 3.8) is 0 Å². The molecule has 2 aromatic carbocycles. The van der Waals surface area contributed by atoms with Gasteiger partial charge < -0.3 is 19.8 Å². The maximum Gasteiger partial charge on any atom is 0.200 e. The zero-order valence-corrected chi connectivity index (χ0v) is 16.6. The molecule has 0 aliphatic carbocycles. The molecule has 0 radical (unpaired) electrons. The molecule has 1 aromatic heterocycles. The van der Waals surface area contributed by atoms with Crippen molar-refractivity contribution in [3.05, 3.63) is 45.6 Å². The van der Waals surface area contributed by atoms with Gasteiger partial charge in [-0.25, -0.2) is 0 Å². The topological polar surface area (TPSA) is 86.5 Å². The number of benzene rings is 2. The number of aromatic hydroxyl groups is 2. The number of phenolic OH excluding ortho intramolecular Hbond substituents is 2. The lowest BCUT2D eigenvalue weighted by Gasteiger charge is -2.29. The van der Waals surface area contributed by atoms with Gasteiger partial charge in [0.05, 0.1) is 28.9 Å². The molecule has 1 saturated heterocycles. The lowest BCUT2D eigenvalue weighted by molar-refractivity contribution is 0.122. The molecule has 3 N–H and O–H groups in total. The SMILES string of the molecule is Oc1cc(O)c(-c2n[nH]c(=S)n2-c2ccc(N3CCOCC3)cc2)cc1Br. The number of aromatic nitrogens is 3. The van der Waals surface area contributed by atoms with Gasteiger partial charge in [0.1, 0.15) is 11.5 Å². The fourth-order valence-electron chi connectivity index (χ4n) is 3.08. The van der Waals surface area contributed by atoms with E-state index in [4.69, 9.17) is 17.0 Å². The van der Waals surface area contributed by atoms with Gasteiger partial charge in [-0.2, -0.15) is 5.10 Å². The maximum atomic E-state index is 10.3. The van der Waals surface area contributed by atoms with Gasteiger partial charge in [0.2, 0.25) is 0 Å². The summed E-state index contributed by atoms with van der Waals surface area (Å²) in [6, 6.07) is 10.9. The number of anilines is 1. The van der Waals surface area contributed by atoms with Gasteiger partial charge in [0.15, 0.2) is 10.6 Å². The summed E-state index contributed by atoms with van der Waals surface area (Å²) < 4.78 is 8.01. The third-order valence-electron chi connectivity index (χ3n) is 4.46. The lowest BCUT2D eigenvalue weighted by atomic mass is 10.1. The summed E-state index contributed by atoms with van der Waals surface area (Å²) in [7, 11) is 0. The molecule has 0 unspecified atom stereocenters. The number of nitrogens with zero attached hydrogens (tertiary/aromatic N) is 3. The summed E-state index contributed by atoms with van der Waals surface area (Å²) in [6.07, 6.45) is 0. The lowest BCUT2D eigenvalue weighted by Crippen LogP contribution is -2.36. The highest BCUT2D eigenvalue weighted by Gasteiger charge is 2.17. The molecule has 27 heavy (non-hydrogen) atoms. The smallest absolute Gasteiger partial charge is 0.200 e. The minimum atomic E-state index is -0.0871. The summed E-state index contributed by atoms with van der Waals surface area (Å²) in [6.45, 7) is 3.19. The highest BCUT2D eigenvalue weighted by molar-refractivity contribution is 9.10. The zero-order valence-electron chi connectivity index (χ0n) is 14.2. The van der Waals surface area contributed by atoms with E-state index in [0.29, 0.717) is 20.6 Å². The van der Waals surface area contributed by atoms with Crippen LogP contribution in [-0.4, -0.2) is 51.3 Å². The number of halogens is 1. The Hall–Kier alpha value is -2.36. The number of hydrogen-bond acceptors (Lipinski definition) is 6. The first-order valence-corrected chi connectivity index (χ1v) is 9.57. The van der Waals surface area contributed by atoms with E-state index in [2.05, 4.69) is 31.0 Å². The van der Waals surface area contributed by atoms with Crippen molar-refractivity contribution in [2.45, 2.75) is 0 Å². The van der Waals surface area contributed by atoms with Gasteiger partial charge in [0.25, 0.3) is 0 Å². The number of nitrogens with one attached hydrogen (secondary N) is 1. The van der Waals surface area contributed by atoms with E-state index in [1.807, 2.05) is 24.3 Å². The van der Waals surface area contributed by atoms with Crippen molar-refractivity contribution in [2.24, 2.45) is 0 Å². The van der Waals surface area contributed by atoms with Crippen molar-refractivity contribution in [1.29, 1.82) is 0 Å². The molecule has 1 aliphatic heterocycles. The first-order chi connectivity index (χ1) is 13.0. The Morgan fingerprint density at radius 2 is 1.70 bits per heavy atom. The number of aromatic amines is 1. The Morgan fingerprint density at radius 3 is 2.41 bits per heavy atom. The Morgan fingerprint density at radius 1 is 1.04 bits per heavy atom. The molecule has 0 saturated carbocycles. The Balaban J connectivity index is 1.74. The van der Waals surface area contributed by atoms with Crippen molar-refractivity contribution in [3.8, 4) is 28.6 Å². The van der Waals surface area contributed by atoms with E-state index in [0.717, 1.165) is 37.7 Å². The molecule has 7 nitrogen and oxygen atoms in total. The Labute approximate surface area is 169 Å². The van der Waals surface area contributed by atoms with Gasteiger partial charge in [-0.05, 0) is 58.5 Å². The molecule has 0 spiro atoms. The minimum Gasteiger partial charge on any atom is -0.507 e. The van der Waals surface area contributed by atoms with Crippen LogP contribution in [0.2, 0.25) is 0 Å². The fourth-order valence-corrected chi connectivity index (χ4v) is 3.66. The average molecular weight is 449 g/mol. The standard InChI is InChI=1S/C18H17BrN4O3S/c19-14-9-13(15(24)10-16(14)25)17-20-21-18(27)23(17)12-3-1-11(2-4-12)22-5-7-26-8-6-22/h1-4,9-10,24-25H,5-8H2,(H,21,27). The minimum absolute atomic E-state index is 0.0493. The number of hydrogen-bond donors (Lipinski definition) is 3. The van der Waals surface area contributed by atoms with Crippen molar-refractivity contribution in [1.82, 2.24) is 14.8 Å². The van der Waals surface area contributed by atoms with Crippen LogP contribution in [-0.2, 0) is 4.74 Å². The first kappa shape index (κ1) is 18.0. The first-order valence-electron chi connectivity index (χ1n) is 8.37. The number of H-pyrrole nitrogens is 1. The molecule has 9 heteroatoms. The van der Waals surface area contributed by atoms with Gasteiger partial charge in [-0.1, -0.05) is 0 Å². The Bertz CT molecular complexity index is 1030. The van der Waals surface area contributed by atoms with Crippen molar-refractivity contribution >= 4 is 33.8 Å². The molecular weight excluding hydrogens is 432 g/mol. The summed E-state index contributed by atoms with van der Waals surface area (Å²) in [5.41, 5.74) is 2.39. The molecule has 140 valence electrons. The van der Waals surface area contributed by atoms with Crippen molar-refractivity contribution < 1.29 is 14.9 Å². The van der Waals surface area contributed by atoms with Crippen LogP contribution in [0.4, 0.5) is 5.69 Å². The summed E-state index contributed by atoms with van der Waals surface area (Å²) in [5, 5.41) is 27.0. The number of rotatable bonds is 3. The quantitative estimate of drug-likeness (QED) is 0.530. The second-order valence-corrected chi connectivity index (χ2v) is 7.37. The molecular formula is C18H17BrN4O3S. The Kier molecular flexibility index (Phi) is 4.90. The predicted molar refractivity (Wildman–Crippen MR) is 108 cm³/mol. The van der Waals surface area contributed by atoms with Crippen LogP contribution in [0.15, 0.2) is 40.9 Å². The largest absolute Gasteiger partial charge is 0.507 e. The molecule has 0 bridgehead atoms. The summed E-state index contributed by atoms with van der Waals surface area (Å²) >= 11 is 8.66. The molecule has 2 heterocycles. The van der Waals surface area contributed by atoms with Crippen LogP contribution < -0.4 is 4.90 Å². The zero-order chi connectivity index (χ0) is 19.0. The molecule has 0 amide bonds. The second kappa shape index (κ2) is 7.34. The van der Waals surface area contributed by atoms with Crippen LogP contribution in [0.5, 0.6) is 11.5 Å². The fraction of sp³-hybridized carbons (Fsp3) is 0.222.